The van der Waals surface area contributed by atoms with Gasteiger partial charge in [0.15, 0.2) is 17.3 Å². The van der Waals surface area contributed by atoms with Crippen LogP contribution in [0.15, 0.2) is 23.3 Å². The maximum Gasteiger partial charge on any atom is 0.216 e. The van der Waals surface area contributed by atoms with Gasteiger partial charge in [-0.05, 0) is 62.2 Å². The maximum absolute atomic E-state index is 5.83. The smallest absolute Gasteiger partial charge is 0.216 e. The molecule has 0 fully saturated rings. The first-order valence-electron chi connectivity index (χ1n) is 9.75. The van der Waals surface area contributed by atoms with Crippen LogP contribution in [0.5, 0.6) is 11.5 Å². The highest BCUT2D eigenvalue weighted by Crippen LogP contribution is 2.28. The molecule has 1 aromatic carbocycles. The monoisotopic (exact) mass is 390 g/mol. The van der Waals surface area contributed by atoms with Crippen LogP contribution in [-0.2, 0) is 0 Å². The Balaban J connectivity index is 2.25. The molecule has 2 aromatic rings. The number of rotatable bonds is 11. The second kappa shape index (κ2) is 10.9. The van der Waals surface area contributed by atoms with Gasteiger partial charge in [0, 0.05) is 5.92 Å². The SMILES string of the molecule is CCCCOc1ccc(/C=N\n2c(C(CC)CC)n[nH]c2=S)cc1OCC. The van der Waals surface area contributed by atoms with Gasteiger partial charge in [-0.1, -0.05) is 27.2 Å². The van der Waals surface area contributed by atoms with Crippen molar-refractivity contribution in [2.75, 3.05) is 13.2 Å². The van der Waals surface area contributed by atoms with E-state index in [1.165, 1.54) is 0 Å². The zero-order chi connectivity index (χ0) is 19.6. The lowest BCUT2D eigenvalue weighted by atomic mass is 10.0. The van der Waals surface area contributed by atoms with Gasteiger partial charge >= 0.3 is 0 Å². The second-order valence-electron chi connectivity index (χ2n) is 6.30. The highest BCUT2D eigenvalue weighted by Gasteiger charge is 2.15. The van der Waals surface area contributed by atoms with Gasteiger partial charge in [-0.3, -0.25) is 5.10 Å². The molecule has 2 rings (SSSR count). The largest absolute Gasteiger partial charge is 0.490 e. The number of ether oxygens (including phenoxy) is 2. The van der Waals surface area contributed by atoms with E-state index in [2.05, 4.69) is 36.1 Å². The van der Waals surface area contributed by atoms with E-state index in [1.807, 2.05) is 25.1 Å². The third-order valence-corrected chi connectivity index (χ3v) is 4.64. The molecule has 0 saturated carbocycles. The summed E-state index contributed by atoms with van der Waals surface area (Å²) in [6.07, 6.45) is 5.87. The van der Waals surface area contributed by atoms with Crippen molar-refractivity contribution in [3.8, 4) is 11.5 Å². The summed E-state index contributed by atoms with van der Waals surface area (Å²) in [5, 5.41) is 11.8. The minimum Gasteiger partial charge on any atom is -0.490 e. The van der Waals surface area contributed by atoms with Crippen molar-refractivity contribution in [2.45, 2.75) is 59.3 Å². The molecule has 0 aliphatic carbocycles. The molecule has 1 heterocycles. The molecule has 7 heteroatoms. The zero-order valence-corrected chi connectivity index (χ0v) is 17.5. The minimum atomic E-state index is 0.323. The molecule has 0 amide bonds. The van der Waals surface area contributed by atoms with Crippen molar-refractivity contribution in [1.82, 2.24) is 14.9 Å². The third-order valence-electron chi connectivity index (χ3n) is 4.37. The number of hydrogen-bond donors (Lipinski definition) is 1. The summed E-state index contributed by atoms with van der Waals surface area (Å²) in [6, 6.07) is 5.83. The second-order valence-corrected chi connectivity index (χ2v) is 6.68. The van der Waals surface area contributed by atoms with Crippen LogP contribution in [0.3, 0.4) is 0 Å². The number of nitrogens with one attached hydrogen (secondary N) is 1. The molecule has 1 aromatic heterocycles. The Morgan fingerprint density at radius 3 is 2.63 bits per heavy atom. The first-order valence-corrected chi connectivity index (χ1v) is 10.2. The lowest BCUT2D eigenvalue weighted by Crippen LogP contribution is -2.05. The maximum atomic E-state index is 5.83. The molecule has 0 atom stereocenters. The van der Waals surface area contributed by atoms with Gasteiger partial charge in [0.05, 0.1) is 19.4 Å². The highest BCUT2D eigenvalue weighted by molar-refractivity contribution is 7.71. The topological polar surface area (TPSA) is 64.4 Å². The predicted molar refractivity (Wildman–Crippen MR) is 112 cm³/mol. The van der Waals surface area contributed by atoms with Crippen molar-refractivity contribution < 1.29 is 9.47 Å². The molecule has 0 spiro atoms. The lowest BCUT2D eigenvalue weighted by Gasteiger charge is -2.12. The molecular formula is C20H30N4O2S. The average molecular weight is 391 g/mol. The van der Waals surface area contributed by atoms with Crippen molar-refractivity contribution in [2.24, 2.45) is 5.10 Å². The summed E-state index contributed by atoms with van der Waals surface area (Å²) in [7, 11) is 0. The van der Waals surface area contributed by atoms with Crippen LogP contribution >= 0.6 is 12.2 Å². The number of unbranched alkanes of at least 4 members (excludes halogenated alkanes) is 1. The van der Waals surface area contributed by atoms with Crippen LogP contribution in [0.4, 0.5) is 0 Å². The Morgan fingerprint density at radius 2 is 1.96 bits per heavy atom. The number of H-pyrrole nitrogens is 1. The Kier molecular flexibility index (Phi) is 8.51. The highest BCUT2D eigenvalue weighted by atomic mass is 32.1. The quantitative estimate of drug-likeness (QED) is 0.321. The van der Waals surface area contributed by atoms with Crippen molar-refractivity contribution in [1.29, 1.82) is 0 Å². The number of benzene rings is 1. The van der Waals surface area contributed by atoms with E-state index in [0.717, 1.165) is 48.6 Å². The fourth-order valence-corrected chi connectivity index (χ4v) is 2.96. The Labute approximate surface area is 166 Å². The van der Waals surface area contributed by atoms with Crippen LogP contribution in [-0.4, -0.2) is 34.3 Å². The Morgan fingerprint density at radius 1 is 1.19 bits per heavy atom. The van der Waals surface area contributed by atoms with E-state index < -0.39 is 0 Å². The number of nitrogens with zero attached hydrogens (tertiary/aromatic N) is 3. The Bertz CT molecular complexity index is 794. The zero-order valence-electron chi connectivity index (χ0n) is 16.7. The van der Waals surface area contributed by atoms with Crippen LogP contribution in [0.1, 0.15) is 70.7 Å². The summed E-state index contributed by atoms with van der Waals surface area (Å²) in [5.41, 5.74) is 0.917. The normalized spacial score (nSPS) is 11.4. The predicted octanol–water partition coefficient (Wildman–Crippen LogP) is 5.30. The molecule has 0 bridgehead atoms. The molecular weight excluding hydrogens is 360 g/mol. The molecule has 0 saturated heterocycles. The molecule has 0 aliphatic rings. The number of aromatic amines is 1. The molecule has 27 heavy (non-hydrogen) atoms. The van der Waals surface area contributed by atoms with Crippen LogP contribution in [0.25, 0.3) is 0 Å². The summed E-state index contributed by atoms with van der Waals surface area (Å²) >= 11 is 5.34. The van der Waals surface area contributed by atoms with Crippen molar-refractivity contribution in [3.05, 3.63) is 34.4 Å². The van der Waals surface area contributed by atoms with Gasteiger partial charge in [0.2, 0.25) is 4.77 Å². The number of hydrogen-bond acceptors (Lipinski definition) is 5. The van der Waals surface area contributed by atoms with E-state index in [0.29, 0.717) is 23.9 Å². The first-order chi connectivity index (χ1) is 13.1. The fourth-order valence-electron chi connectivity index (χ4n) is 2.78. The molecule has 148 valence electrons. The van der Waals surface area contributed by atoms with Gasteiger partial charge in [0.1, 0.15) is 0 Å². The van der Waals surface area contributed by atoms with Gasteiger partial charge in [0.25, 0.3) is 0 Å². The molecule has 0 aliphatic heterocycles. The van der Waals surface area contributed by atoms with Crippen LogP contribution in [0, 0.1) is 4.77 Å². The van der Waals surface area contributed by atoms with Crippen LogP contribution < -0.4 is 9.47 Å². The summed E-state index contributed by atoms with van der Waals surface area (Å²) < 4.78 is 13.8. The summed E-state index contributed by atoms with van der Waals surface area (Å²) in [6.45, 7) is 9.66. The van der Waals surface area contributed by atoms with Crippen molar-refractivity contribution in [3.63, 3.8) is 0 Å². The van der Waals surface area contributed by atoms with Gasteiger partial charge in [-0.15, -0.1) is 0 Å². The van der Waals surface area contributed by atoms with Crippen molar-refractivity contribution >= 4 is 18.4 Å². The fraction of sp³-hybridized carbons (Fsp3) is 0.550. The van der Waals surface area contributed by atoms with E-state index in [9.17, 15) is 0 Å². The standard InChI is InChI=1S/C20H30N4O2S/c1-5-9-12-26-17-11-10-15(13-18(17)25-8-4)14-21-24-19(16(6-2)7-3)22-23-20(24)27/h10-11,13-14,16H,5-9,12H2,1-4H3,(H,23,27)/b21-14-. The van der Waals surface area contributed by atoms with E-state index in [-0.39, 0.29) is 0 Å². The molecule has 6 nitrogen and oxygen atoms in total. The Hall–Kier alpha value is -2.15. The van der Waals surface area contributed by atoms with Crippen LogP contribution in [0.2, 0.25) is 0 Å². The summed E-state index contributed by atoms with van der Waals surface area (Å²) in [4.78, 5) is 0. The number of aromatic nitrogens is 3. The van der Waals surface area contributed by atoms with Gasteiger partial charge < -0.3 is 9.47 Å². The molecule has 1 N–H and O–H groups in total. The summed E-state index contributed by atoms with van der Waals surface area (Å²) in [5.74, 6) is 2.68. The van der Waals surface area contributed by atoms with Gasteiger partial charge in [-0.25, -0.2) is 0 Å². The van der Waals surface area contributed by atoms with E-state index in [4.69, 9.17) is 21.7 Å². The molecule has 0 radical (unpaired) electrons. The van der Waals surface area contributed by atoms with E-state index in [1.54, 1.807) is 10.9 Å². The first kappa shape index (κ1) is 21.2. The van der Waals surface area contributed by atoms with E-state index >= 15 is 0 Å². The molecule has 0 unspecified atom stereocenters. The van der Waals surface area contributed by atoms with Gasteiger partial charge in [-0.2, -0.15) is 14.9 Å². The average Bonchev–Trinajstić information content (AvgIpc) is 3.03. The lowest BCUT2D eigenvalue weighted by molar-refractivity contribution is 0.272. The minimum absolute atomic E-state index is 0.323. The third kappa shape index (κ3) is 5.66.